The van der Waals surface area contributed by atoms with Crippen molar-refractivity contribution in [2.24, 2.45) is 5.73 Å². The van der Waals surface area contributed by atoms with Crippen molar-refractivity contribution in [3.05, 3.63) is 42.1 Å². The average molecular weight is 485 g/mol. The molecule has 0 fully saturated rings. The summed E-state index contributed by atoms with van der Waals surface area (Å²) in [7, 11) is 8.11. The molecule has 1 heterocycles. The molecule has 3 rings (SSSR count). The highest BCUT2D eigenvalue weighted by atomic mass is 16.5. The first-order valence-electron chi connectivity index (χ1n) is 11.1. The second-order valence-corrected chi connectivity index (χ2v) is 7.72. The minimum atomic E-state index is -0.414. The van der Waals surface area contributed by atoms with Gasteiger partial charge in [-0.1, -0.05) is 11.2 Å². The summed E-state index contributed by atoms with van der Waals surface area (Å²) >= 11 is 0. The van der Waals surface area contributed by atoms with Gasteiger partial charge in [0, 0.05) is 42.2 Å². The molecule has 1 amide bonds. The van der Waals surface area contributed by atoms with E-state index in [-0.39, 0.29) is 12.5 Å². The standard InChI is InChI=1S/C25H32N4O6/c1-27-8-9-28-19(13-23(26)30)17-10-15(6-7-20(17)31-2)18-14-29-35-24(18)16-11-21(32-3)25(34-5)22(12-16)33-4/h6-7,10-12,14,19,27-28H,8-9,13H2,1-5H3,(H2,26,30). The number of amides is 1. The van der Waals surface area contributed by atoms with Crippen LogP contribution in [0.3, 0.4) is 0 Å². The molecule has 1 aromatic heterocycles. The number of hydrogen-bond acceptors (Lipinski definition) is 9. The number of primary amides is 1. The van der Waals surface area contributed by atoms with Crippen LogP contribution in [0.5, 0.6) is 23.0 Å². The molecule has 0 bridgehead atoms. The Balaban J connectivity index is 2.09. The second kappa shape index (κ2) is 12.1. The topological polar surface area (TPSA) is 130 Å². The molecule has 0 aliphatic heterocycles. The quantitative estimate of drug-likeness (QED) is 0.314. The summed E-state index contributed by atoms with van der Waals surface area (Å²) in [6.07, 6.45) is 1.76. The zero-order chi connectivity index (χ0) is 25.4. The van der Waals surface area contributed by atoms with Crippen molar-refractivity contribution in [1.29, 1.82) is 0 Å². The highest BCUT2D eigenvalue weighted by Gasteiger charge is 2.23. The number of carbonyl (C=O) groups is 1. The molecule has 10 heteroatoms. The molecular formula is C25H32N4O6. The van der Waals surface area contributed by atoms with Crippen molar-refractivity contribution >= 4 is 5.91 Å². The summed E-state index contributed by atoms with van der Waals surface area (Å²) in [5, 5.41) is 10.5. The van der Waals surface area contributed by atoms with Crippen molar-refractivity contribution in [1.82, 2.24) is 15.8 Å². The Morgan fingerprint density at radius 1 is 0.971 bits per heavy atom. The van der Waals surface area contributed by atoms with Gasteiger partial charge in [-0.25, -0.2) is 0 Å². The number of methoxy groups -OCH3 is 4. The average Bonchev–Trinajstić information content (AvgIpc) is 3.36. The maximum Gasteiger partial charge on any atom is 0.219 e. The molecule has 2 aromatic carbocycles. The zero-order valence-electron chi connectivity index (χ0n) is 20.6. The maximum absolute atomic E-state index is 11.8. The smallest absolute Gasteiger partial charge is 0.219 e. The van der Waals surface area contributed by atoms with Crippen LogP contribution in [-0.4, -0.2) is 59.6 Å². The summed E-state index contributed by atoms with van der Waals surface area (Å²) < 4.78 is 27.6. The Hall–Kier alpha value is -3.76. The Labute approximate surface area is 204 Å². The summed E-state index contributed by atoms with van der Waals surface area (Å²) in [6, 6.07) is 8.97. The molecule has 0 aliphatic carbocycles. The summed E-state index contributed by atoms with van der Waals surface area (Å²) in [5.41, 5.74) is 8.62. The number of benzene rings is 2. The number of carbonyl (C=O) groups excluding carboxylic acids is 1. The van der Waals surface area contributed by atoms with Gasteiger partial charge in [-0.3, -0.25) is 4.79 Å². The fourth-order valence-electron chi connectivity index (χ4n) is 3.90. The lowest BCUT2D eigenvalue weighted by Crippen LogP contribution is -2.31. The van der Waals surface area contributed by atoms with Crippen molar-refractivity contribution in [3.63, 3.8) is 0 Å². The lowest BCUT2D eigenvalue weighted by atomic mass is 9.95. The zero-order valence-corrected chi connectivity index (χ0v) is 20.6. The number of hydrogen-bond donors (Lipinski definition) is 3. The van der Waals surface area contributed by atoms with E-state index in [0.29, 0.717) is 40.9 Å². The molecule has 35 heavy (non-hydrogen) atoms. The second-order valence-electron chi connectivity index (χ2n) is 7.72. The Morgan fingerprint density at radius 3 is 2.23 bits per heavy atom. The molecule has 0 aliphatic rings. The highest BCUT2D eigenvalue weighted by Crippen LogP contribution is 2.44. The van der Waals surface area contributed by atoms with Crippen LogP contribution in [0, 0.1) is 0 Å². The van der Waals surface area contributed by atoms with E-state index in [1.807, 2.05) is 25.2 Å². The molecule has 0 saturated heterocycles. The first-order chi connectivity index (χ1) is 17.0. The third-order valence-corrected chi connectivity index (χ3v) is 5.58. The summed E-state index contributed by atoms with van der Waals surface area (Å²) in [5.74, 6) is 2.22. The molecule has 3 aromatic rings. The lowest BCUT2D eigenvalue weighted by Gasteiger charge is -2.21. The fraction of sp³-hybridized carbons (Fsp3) is 0.360. The largest absolute Gasteiger partial charge is 0.496 e. The van der Waals surface area contributed by atoms with Crippen LogP contribution in [0.15, 0.2) is 41.1 Å². The van der Waals surface area contributed by atoms with E-state index in [2.05, 4.69) is 15.8 Å². The van der Waals surface area contributed by atoms with Crippen molar-refractivity contribution in [3.8, 4) is 45.4 Å². The van der Waals surface area contributed by atoms with Gasteiger partial charge in [-0.2, -0.15) is 0 Å². The third-order valence-electron chi connectivity index (χ3n) is 5.58. The van der Waals surface area contributed by atoms with E-state index in [1.165, 1.54) is 0 Å². The summed E-state index contributed by atoms with van der Waals surface area (Å²) in [6.45, 7) is 1.37. The first-order valence-corrected chi connectivity index (χ1v) is 11.1. The monoisotopic (exact) mass is 484 g/mol. The van der Waals surface area contributed by atoms with Crippen molar-refractivity contribution < 1.29 is 28.3 Å². The molecule has 4 N–H and O–H groups in total. The van der Waals surface area contributed by atoms with Crippen LogP contribution in [-0.2, 0) is 4.79 Å². The molecular weight excluding hydrogens is 452 g/mol. The highest BCUT2D eigenvalue weighted by molar-refractivity contribution is 5.82. The first kappa shape index (κ1) is 25.9. The third kappa shape index (κ3) is 5.84. The van der Waals surface area contributed by atoms with Crippen LogP contribution >= 0.6 is 0 Å². The molecule has 188 valence electrons. The van der Waals surface area contributed by atoms with E-state index < -0.39 is 5.91 Å². The SMILES string of the molecule is CNCCNC(CC(N)=O)c1cc(-c2cnoc2-c2cc(OC)c(OC)c(OC)c2)ccc1OC. The molecule has 0 saturated carbocycles. The Kier molecular flexibility index (Phi) is 8.93. The van der Waals surface area contributed by atoms with Crippen LogP contribution in [0.2, 0.25) is 0 Å². The van der Waals surface area contributed by atoms with E-state index in [9.17, 15) is 4.79 Å². The van der Waals surface area contributed by atoms with Gasteiger partial charge >= 0.3 is 0 Å². The van der Waals surface area contributed by atoms with Gasteiger partial charge in [0.25, 0.3) is 0 Å². The van der Waals surface area contributed by atoms with Crippen LogP contribution in [0.1, 0.15) is 18.0 Å². The van der Waals surface area contributed by atoms with E-state index in [1.54, 1.807) is 46.8 Å². The Bertz CT molecular complexity index is 1120. The molecule has 1 atom stereocenters. The van der Waals surface area contributed by atoms with Gasteiger partial charge in [0.2, 0.25) is 11.7 Å². The predicted octanol–water partition coefficient (Wildman–Crippen LogP) is 2.77. The maximum atomic E-state index is 11.8. The Morgan fingerprint density at radius 2 is 1.66 bits per heavy atom. The number of likely N-dealkylation sites (N-methyl/N-ethyl adjacent to an activating group) is 1. The van der Waals surface area contributed by atoms with Crippen molar-refractivity contribution in [2.75, 3.05) is 48.6 Å². The normalized spacial score (nSPS) is 11.7. The van der Waals surface area contributed by atoms with Crippen molar-refractivity contribution in [2.45, 2.75) is 12.5 Å². The number of ether oxygens (including phenoxy) is 4. The van der Waals surface area contributed by atoms with Crippen LogP contribution < -0.4 is 35.3 Å². The lowest BCUT2D eigenvalue weighted by molar-refractivity contribution is -0.118. The molecule has 1 unspecified atom stereocenters. The minimum Gasteiger partial charge on any atom is -0.496 e. The number of nitrogens with two attached hydrogens (primary N) is 1. The molecule has 10 nitrogen and oxygen atoms in total. The minimum absolute atomic E-state index is 0.118. The summed E-state index contributed by atoms with van der Waals surface area (Å²) in [4.78, 5) is 11.8. The van der Waals surface area contributed by atoms with Crippen LogP contribution in [0.25, 0.3) is 22.5 Å². The fourth-order valence-corrected chi connectivity index (χ4v) is 3.90. The van der Waals surface area contributed by atoms with Gasteiger partial charge in [-0.05, 0) is 36.9 Å². The van der Waals surface area contributed by atoms with Crippen LogP contribution in [0.4, 0.5) is 0 Å². The van der Waals surface area contributed by atoms with E-state index in [0.717, 1.165) is 23.2 Å². The number of nitrogens with zero attached hydrogens (tertiary/aromatic N) is 1. The predicted molar refractivity (Wildman–Crippen MR) is 132 cm³/mol. The van der Waals surface area contributed by atoms with Gasteiger partial charge in [0.05, 0.1) is 34.6 Å². The van der Waals surface area contributed by atoms with Gasteiger partial charge in [0.1, 0.15) is 5.75 Å². The number of rotatable bonds is 13. The molecule has 0 radical (unpaired) electrons. The number of aromatic nitrogens is 1. The number of nitrogens with one attached hydrogen (secondary N) is 2. The molecule has 0 spiro atoms. The van der Waals surface area contributed by atoms with E-state index in [4.69, 9.17) is 29.2 Å². The van der Waals surface area contributed by atoms with Gasteiger partial charge in [0.15, 0.2) is 17.3 Å². The van der Waals surface area contributed by atoms with Gasteiger partial charge in [-0.15, -0.1) is 0 Å². The van der Waals surface area contributed by atoms with E-state index >= 15 is 0 Å². The van der Waals surface area contributed by atoms with Gasteiger partial charge < -0.3 is 39.8 Å².